The minimum Gasteiger partial charge on any atom is -0.462 e. The van der Waals surface area contributed by atoms with Crippen molar-refractivity contribution in [1.82, 2.24) is 0 Å². The van der Waals surface area contributed by atoms with E-state index in [1.807, 2.05) is 19.9 Å². The Bertz CT molecular complexity index is 1220. The molecule has 0 amide bonds. The Balaban J connectivity index is 0.00000196. The second kappa shape index (κ2) is 33.9. The van der Waals surface area contributed by atoms with Crippen molar-refractivity contribution < 1.29 is 73.8 Å². The molecule has 15 heteroatoms. The number of aliphatic hydroxyl groups is 7. The molecule has 0 radical (unpaired) electrons. The summed E-state index contributed by atoms with van der Waals surface area (Å²) in [6, 6.07) is 0. The first kappa shape index (κ1) is 54.2. The molecule has 2 saturated heterocycles. The summed E-state index contributed by atoms with van der Waals surface area (Å²) in [6.45, 7) is 7.86. The van der Waals surface area contributed by atoms with Gasteiger partial charge < -0.3 is 64.2 Å². The number of rotatable bonds is 28. The summed E-state index contributed by atoms with van der Waals surface area (Å²) in [5, 5.41) is 71.1. The van der Waals surface area contributed by atoms with Crippen molar-refractivity contribution in [2.75, 3.05) is 26.4 Å². The van der Waals surface area contributed by atoms with Crippen molar-refractivity contribution in [3.8, 4) is 0 Å². The highest BCUT2D eigenvalue weighted by Gasteiger charge is 2.47. The van der Waals surface area contributed by atoms with Crippen LogP contribution in [0.15, 0.2) is 61.3 Å². The fourth-order valence-electron chi connectivity index (χ4n) is 5.85. The van der Waals surface area contributed by atoms with Gasteiger partial charge in [0.2, 0.25) is 0 Å². The lowest BCUT2D eigenvalue weighted by Gasteiger charge is -2.42. The van der Waals surface area contributed by atoms with Gasteiger partial charge in [-0.2, -0.15) is 0 Å². The predicted molar refractivity (Wildman–Crippen MR) is 222 cm³/mol. The van der Waals surface area contributed by atoms with Gasteiger partial charge in [0.15, 0.2) is 18.7 Å². The Labute approximate surface area is 351 Å². The maximum Gasteiger partial charge on any atom is 0.306 e. The van der Waals surface area contributed by atoms with Crippen LogP contribution in [0.2, 0.25) is 0 Å². The normalized spacial score (nSPS) is 27.9. The molecule has 0 aliphatic carbocycles. The molecule has 340 valence electrons. The number of esters is 2. The Morgan fingerprint density at radius 1 is 0.644 bits per heavy atom. The maximum atomic E-state index is 12.5. The molecule has 2 heterocycles. The molecule has 0 aromatic heterocycles. The van der Waals surface area contributed by atoms with Gasteiger partial charge in [0.25, 0.3) is 0 Å². The van der Waals surface area contributed by atoms with Crippen LogP contribution < -0.4 is 0 Å². The van der Waals surface area contributed by atoms with Gasteiger partial charge in [-0.1, -0.05) is 94.2 Å². The average molecular weight is 843 g/mol. The zero-order valence-electron chi connectivity index (χ0n) is 35.4. The summed E-state index contributed by atoms with van der Waals surface area (Å²) in [4.78, 5) is 24.9. The summed E-state index contributed by atoms with van der Waals surface area (Å²) < 4.78 is 32.8. The zero-order valence-corrected chi connectivity index (χ0v) is 35.4. The molecule has 0 spiro atoms. The van der Waals surface area contributed by atoms with E-state index in [0.29, 0.717) is 12.8 Å². The number of carbonyl (C=O) groups is 2. The second-order valence-corrected chi connectivity index (χ2v) is 14.5. The summed E-state index contributed by atoms with van der Waals surface area (Å²) in [5.41, 5.74) is 0. The summed E-state index contributed by atoms with van der Waals surface area (Å²) in [5.74, 6) is -0.998. The van der Waals surface area contributed by atoms with Crippen LogP contribution in [0.25, 0.3) is 0 Å². The minimum absolute atomic E-state index is 0.133. The average Bonchev–Trinajstić information content (AvgIpc) is 3.23. The molecule has 15 nitrogen and oxygen atoms in total. The molecule has 0 saturated carbocycles. The van der Waals surface area contributed by atoms with Crippen molar-refractivity contribution in [3.05, 3.63) is 61.3 Å². The van der Waals surface area contributed by atoms with Gasteiger partial charge in [-0.3, -0.25) is 9.59 Å². The number of carbonyl (C=O) groups excluding carboxylic acids is 2. The number of hydrogen-bond donors (Lipinski definition) is 7. The van der Waals surface area contributed by atoms with Gasteiger partial charge in [0.1, 0.15) is 55.4 Å². The van der Waals surface area contributed by atoms with Crippen LogP contribution in [0.4, 0.5) is 0 Å². The monoisotopic (exact) mass is 843 g/mol. The third-order valence-electron chi connectivity index (χ3n) is 9.42. The molecule has 59 heavy (non-hydrogen) atoms. The summed E-state index contributed by atoms with van der Waals surface area (Å²) in [7, 11) is 0. The molecule has 7 N–H and O–H groups in total. The third-order valence-corrected chi connectivity index (χ3v) is 9.42. The van der Waals surface area contributed by atoms with Crippen LogP contribution >= 0.6 is 0 Å². The Morgan fingerprint density at radius 2 is 1.22 bits per heavy atom. The molecule has 11 atom stereocenters. The topological polar surface area (TPSA) is 231 Å². The van der Waals surface area contributed by atoms with Crippen LogP contribution in [0.3, 0.4) is 0 Å². The highest BCUT2D eigenvalue weighted by atomic mass is 16.7. The van der Waals surface area contributed by atoms with E-state index in [9.17, 15) is 45.3 Å². The Kier molecular flexibility index (Phi) is 31.1. The van der Waals surface area contributed by atoms with E-state index in [1.165, 1.54) is 0 Å². The molecule has 2 aliphatic heterocycles. The van der Waals surface area contributed by atoms with Crippen LogP contribution in [0, 0.1) is 0 Å². The lowest BCUT2D eigenvalue weighted by Crippen LogP contribution is -2.61. The van der Waals surface area contributed by atoms with E-state index in [1.54, 1.807) is 0 Å². The van der Waals surface area contributed by atoms with Crippen molar-refractivity contribution >= 4 is 11.9 Å². The van der Waals surface area contributed by atoms with E-state index in [0.717, 1.165) is 64.2 Å². The van der Waals surface area contributed by atoms with Gasteiger partial charge in [-0.15, -0.1) is 6.58 Å². The fourth-order valence-corrected chi connectivity index (χ4v) is 5.85. The van der Waals surface area contributed by atoms with E-state index < -0.39 is 99.3 Å². The molecule has 2 aliphatic rings. The lowest BCUT2D eigenvalue weighted by atomic mass is 9.98. The predicted octanol–water partition coefficient (Wildman–Crippen LogP) is 4.00. The molecule has 0 unspecified atom stereocenters. The number of ether oxygens (including phenoxy) is 6. The minimum atomic E-state index is -1.76. The van der Waals surface area contributed by atoms with Crippen LogP contribution in [-0.2, 0) is 38.0 Å². The standard InChI is InChI=1S/C36H60O15.C8H14/c1-3-5-7-8-9-10-11-12-13-14-15-16-17-19-27(38)46-21-24(49-28(39)18-6-4-2)22-47-35-34(45)32(43)30(41)26(51-35)23-48-36-33(44)31(42)29(40)25(20-37)50-36;1-3-5-7-8-6-4-2/h3,7-8,10-11,24-26,29-37,40-45H,1,4-6,9,12-23H2,2H3;3,5-6,8H,4,7H2,1-2H3/b8-7-,11-10-;5-3-,8-6+/t24-,25-,26-,29+,30+,31+,32+,33-,34-,35-,36+;/m1./s1. The van der Waals surface area contributed by atoms with Gasteiger partial charge >= 0.3 is 11.9 Å². The van der Waals surface area contributed by atoms with Crippen LogP contribution in [-0.4, -0.2) is 142 Å². The molecule has 2 rings (SSSR count). The summed E-state index contributed by atoms with van der Waals surface area (Å²) >= 11 is 0. The van der Waals surface area contributed by atoms with Crippen molar-refractivity contribution in [2.24, 2.45) is 0 Å². The van der Waals surface area contributed by atoms with Crippen molar-refractivity contribution in [1.29, 1.82) is 0 Å². The van der Waals surface area contributed by atoms with Crippen LogP contribution in [0.1, 0.15) is 111 Å². The lowest BCUT2D eigenvalue weighted by molar-refractivity contribution is -0.332. The quantitative estimate of drug-likeness (QED) is 0.0335. The largest absolute Gasteiger partial charge is 0.462 e. The van der Waals surface area contributed by atoms with Gasteiger partial charge in [0.05, 0.1) is 19.8 Å². The highest BCUT2D eigenvalue weighted by Crippen LogP contribution is 2.26. The second-order valence-electron chi connectivity index (χ2n) is 14.5. The van der Waals surface area contributed by atoms with Gasteiger partial charge in [0, 0.05) is 12.8 Å². The van der Waals surface area contributed by atoms with E-state index in [4.69, 9.17) is 28.4 Å². The number of unbranched alkanes of at least 4 members (excludes halogenated alkanes) is 6. The molecule has 0 bridgehead atoms. The van der Waals surface area contributed by atoms with Crippen molar-refractivity contribution in [3.63, 3.8) is 0 Å². The fraction of sp³-hybridized carbons (Fsp3) is 0.727. The smallest absolute Gasteiger partial charge is 0.306 e. The SMILES string of the molecule is C/C=C\C/C=C/CC.C=CC/C=C\C/C=C\CCCCCCCC(=O)OC[C@H](CO[C@@H]1O[C@H](CO[C@H]2O[C@H](CO)[C@H](O)[C@H](O)[C@H]2O)[C@H](O)[C@H](O)[C@H]1O)OC(=O)CCCC. The number of aliphatic hydroxyl groups excluding tert-OH is 7. The van der Waals surface area contributed by atoms with E-state index >= 15 is 0 Å². The van der Waals surface area contributed by atoms with Crippen molar-refractivity contribution in [2.45, 2.75) is 178 Å². The first-order valence-corrected chi connectivity index (χ1v) is 21.2. The number of hydrogen-bond acceptors (Lipinski definition) is 15. The maximum absolute atomic E-state index is 12.5. The number of allylic oxidation sites excluding steroid dienone is 9. The highest BCUT2D eigenvalue weighted by molar-refractivity contribution is 5.70. The van der Waals surface area contributed by atoms with Crippen LogP contribution in [0.5, 0.6) is 0 Å². The first-order valence-electron chi connectivity index (χ1n) is 21.2. The van der Waals surface area contributed by atoms with E-state index in [2.05, 4.69) is 62.1 Å². The zero-order chi connectivity index (χ0) is 43.8. The Morgan fingerprint density at radius 3 is 1.88 bits per heavy atom. The van der Waals surface area contributed by atoms with Gasteiger partial charge in [-0.25, -0.2) is 0 Å². The van der Waals surface area contributed by atoms with E-state index in [-0.39, 0.29) is 19.4 Å². The molecular weight excluding hydrogens is 768 g/mol. The summed E-state index contributed by atoms with van der Waals surface area (Å²) in [6.07, 6.45) is 13.4. The molecule has 0 aromatic carbocycles. The Hall–Kier alpha value is -2.80. The van der Waals surface area contributed by atoms with Gasteiger partial charge in [-0.05, 0) is 58.3 Å². The molecular formula is C44H74O15. The third kappa shape index (κ3) is 23.1. The molecule has 2 fully saturated rings. The molecule has 0 aromatic rings. The first-order chi connectivity index (χ1) is 28.4.